The Balaban J connectivity index is 1.57. The highest BCUT2D eigenvalue weighted by Gasteiger charge is 2.80. The number of nitro groups is 1. The van der Waals surface area contributed by atoms with E-state index in [9.17, 15) is 10.1 Å². The summed E-state index contributed by atoms with van der Waals surface area (Å²) in [5.74, 6) is -16.0. The van der Waals surface area contributed by atoms with Crippen molar-refractivity contribution in [1.82, 2.24) is 0 Å². The highest BCUT2D eigenvalue weighted by atomic mass is 32.1. The van der Waals surface area contributed by atoms with Crippen molar-refractivity contribution in [3.05, 3.63) is 96.7 Å². The first-order valence-electron chi connectivity index (χ1n) is 13.1. The topological polar surface area (TPSA) is 43.1 Å². The van der Waals surface area contributed by atoms with Gasteiger partial charge in [-0.1, -0.05) is 41.7 Å². The van der Waals surface area contributed by atoms with E-state index in [1.165, 1.54) is 45.1 Å². The third-order valence-corrected chi connectivity index (χ3v) is 12.7. The van der Waals surface area contributed by atoms with Gasteiger partial charge in [0.2, 0.25) is 0 Å². The Hall–Kier alpha value is -3.26. The van der Waals surface area contributed by atoms with Gasteiger partial charge in [0.05, 0.1) is 9.80 Å². The van der Waals surface area contributed by atoms with Crippen LogP contribution in [-0.2, 0) is 0 Å². The monoisotopic (exact) mass is 681 g/mol. The van der Waals surface area contributed by atoms with Crippen molar-refractivity contribution >= 4 is 61.5 Å². The molecule has 0 fully saturated rings. The quantitative estimate of drug-likeness (QED) is 0.102. The summed E-state index contributed by atoms with van der Waals surface area (Å²) in [6.45, 7) is 5.92. The molecule has 0 N–H and O–H groups in total. The molecule has 0 atom stereocenters. The molecule has 13 heteroatoms. The first kappa shape index (κ1) is 30.8. The number of nitrogens with zero attached hydrogens (tertiary/aromatic N) is 1. The highest BCUT2D eigenvalue weighted by Crippen LogP contribution is 2.67. The molecule has 4 aromatic heterocycles. The lowest BCUT2D eigenvalue weighted by Gasteiger charge is -2.26. The largest absolute Gasteiger partial charge is 0.380 e. The minimum absolute atomic E-state index is 0.0420. The fourth-order valence-electron chi connectivity index (χ4n) is 5.68. The van der Waals surface area contributed by atoms with Crippen LogP contribution in [-0.4, -0.2) is 22.7 Å². The van der Waals surface area contributed by atoms with Crippen molar-refractivity contribution < 1.29 is 31.3 Å². The molecule has 0 unspecified atom stereocenters. The molecule has 3 nitrogen and oxygen atoms in total. The summed E-state index contributed by atoms with van der Waals surface area (Å²) in [5.41, 5.74) is -2.19. The van der Waals surface area contributed by atoms with Gasteiger partial charge in [0, 0.05) is 57.6 Å². The predicted molar refractivity (Wildman–Crippen MR) is 168 cm³/mol. The third-order valence-electron chi connectivity index (χ3n) is 7.69. The van der Waals surface area contributed by atoms with Gasteiger partial charge in [-0.2, -0.15) is 26.3 Å². The zero-order valence-electron chi connectivity index (χ0n) is 23.4. The van der Waals surface area contributed by atoms with E-state index in [1.807, 2.05) is 0 Å². The second kappa shape index (κ2) is 10.4. The molecular formula is C31H21F6NO2S4. The molecule has 44 heavy (non-hydrogen) atoms. The summed E-state index contributed by atoms with van der Waals surface area (Å²) in [5, 5.41) is 11.1. The Morgan fingerprint density at radius 1 is 0.614 bits per heavy atom. The number of aryl methyl sites for hydroxylation is 2. The van der Waals surface area contributed by atoms with Gasteiger partial charge in [-0.25, -0.2) is 0 Å². The number of hydrogen-bond donors (Lipinski definition) is 0. The summed E-state index contributed by atoms with van der Waals surface area (Å²) in [6, 6.07) is 15.2. The summed E-state index contributed by atoms with van der Waals surface area (Å²) in [4.78, 5) is 14.0. The van der Waals surface area contributed by atoms with Crippen LogP contribution < -0.4 is 0 Å². The van der Waals surface area contributed by atoms with Crippen molar-refractivity contribution in [2.75, 3.05) is 0 Å². The van der Waals surface area contributed by atoms with E-state index < -0.39 is 33.8 Å². The number of benzene rings is 1. The molecule has 1 aliphatic rings. The van der Waals surface area contributed by atoms with Gasteiger partial charge in [0.1, 0.15) is 0 Å². The van der Waals surface area contributed by atoms with Gasteiger partial charge in [-0.3, -0.25) is 10.1 Å². The average molecular weight is 682 g/mol. The molecule has 0 amide bonds. The second-order valence-electron chi connectivity index (χ2n) is 10.4. The van der Waals surface area contributed by atoms with Crippen LogP contribution in [0.25, 0.3) is 41.1 Å². The van der Waals surface area contributed by atoms with Crippen molar-refractivity contribution in [2.24, 2.45) is 0 Å². The summed E-state index contributed by atoms with van der Waals surface area (Å²) in [6.07, 6.45) is 0. The smallest absolute Gasteiger partial charge is 0.258 e. The van der Waals surface area contributed by atoms with E-state index >= 15 is 26.3 Å². The highest BCUT2D eigenvalue weighted by molar-refractivity contribution is 7.27. The first-order valence-corrected chi connectivity index (χ1v) is 16.4. The maximum atomic E-state index is 15.8. The Morgan fingerprint density at radius 3 is 1.64 bits per heavy atom. The molecule has 0 aliphatic heterocycles. The minimum Gasteiger partial charge on any atom is -0.258 e. The van der Waals surface area contributed by atoms with E-state index in [1.54, 1.807) is 48.5 Å². The SMILES string of the molecule is Cc1sc(-c2ccccc2)c(C)c1C1=C(c2c(C)sc(-c3ccc(-c4ccc([N+](=O)[O-])s4)s3)c2C)C(F)(F)C(F)(F)C1(F)F. The number of hydrogen-bond acceptors (Lipinski definition) is 6. The summed E-state index contributed by atoms with van der Waals surface area (Å²) in [7, 11) is 0. The molecule has 0 radical (unpaired) electrons. The van der Waals surface area contributed by atoms with Crippen molar-refractivity contribution in [2.45, 2.75) is 45.5 Å². The van der Waals surface area contributed by atoms with Crippen LogP contribution >= 0.6 is 45.3 Å². The van der Waals surface area contributed by atoms with Crippen LogP contribution in [0.3, 0.4) is 0 Å². The van der Waals surface area contributed by atoms with Crippen LogP contribution in [0.4, 0.5) is 31.3 Å². The van der Waals surface area contributed by atoms with Crippen LogP contribution in [0.2, 0.25) is 0 Å². The van der Waals surface area contributed by atoms with Gasteiger partial charge < -0.3 is 0 Å². The molecule has 5 aromatic rings. The second-order valence-corrected chi connectivity index (χ2v) is 15.0. The van der Waals surface area contributed by atoms with E-state index in [-0.39, 0.29) is 37.0 Å². The van der Waals surface area contributed by atoms with Gasteiger partial charge in [-0.15, -0.1) is 34.0 Å². The molecule has 0 saturated heterocycles. The zero-order chi connectivity index (χ0) is 31.9. The first-order chi connectivity index (χ1) is 20.6. The Bertz CT molecular complexity index is 1980. The number of alkyl halides is 6. The van der Waals surface area contributed by atoms with Crippen molar-refractivity contribution in [3.63, 3.8) is 0 Å². The number of thiophene rings is 4. The van der Waals surface area contributed by atoms with Crippen molar-refractivity contribution in [1.29, 1.82) is 0 Å². The third kappa shape index (κ3) is 4.34. The zero-order valence-corrected chi connectivity index (χ0v) is 26.6. The normalized spacial score (nSPS) is 17.0. The average Bonchev–Trinajstić information content (AvgIpc) is 3.76. The Morgan fingerprint density at radius 2 is 1.09 bits per heavy atom. The number of halogens is 6. The van der Waals surface area contributed by atoms with E-state index in [0.29, 0.717) is 29.9 Å². The maximum Gasteiger partial charge on any atom is 0.380 e. The molecular weight excluding hydrogens is 661 g/mol. The van der Waals surface area contributed by atoms with Gasteiger partial charge in [-0.05, 0) is 62.6 Å². The molecule has 1 aliphatic carbocycles. The fraction of sp³-hybridized carbons (Fsp3) is 0.226. The maximum absolute atomic E-state index is 15.8. The minimum atomic E-state index is -5.66. The predicted octanol–water partition coefficient (Wildman–Crippen LogP) is 11.9. The van der Waals surface area contributed by atoms with E-state index in [0.717, 1.165) is 34.0 Å². The lowest BCUT2D eigenvalue weighted by molar-refractivity contribution is -0.380. The summed E-state index contributed by atoms with van der Waals surface area (Å²) < 4.78 is 93.7. The fourth-order valence-corrected chi connectivity index (χ4v) is 10.1. The van der Waals surface area contributed by atoms with Gasteiger partial charge in [0.25, 0.3) is 0 Å². The molecule has 1 aromatic carbocycles. The standard InChI is InChI=1S/C31H21F6NO2S4/c1-14-23(16(3)41-27(14)18-8-6-5-7-9-18)25-26(30(34,35)31(36,37)29(25,32)33)24-15(2)28(42-17(24)4)21-11-10-19(43-21)20-12-13-22(44-20)38(39)40/h5-13H,1-4H3. The van der Waals surface area contributed by atoms with Crippen molar-refractivity contribution in [3.8, 4) is 29.9 Å². The lowest BCUT2D eigenvalue weighted by atomic mass is 9.90. The lowest BCUT2D eigenvalue weighted by Crippen LogP contribution is -2.49. The van der Waals surface area contributed by atoms with Crippen LogP contribution in [0.15, 0.2) is 54.6 Å². The molecule has 4 heterocycles. The van der Waals surface area contributed by atoms with Crippen LogP contribution in [0.5, 0.6) is 0 Å². The van der Waals surface area contributed by atoms with E-state index in [4.69, 9.17) is 0 Å². The molecule has 0 spiro atoms. The molecule has 6 rings (SSSR count). The molecule has 228 valence electrons. The van der Waals surface area contributed by atoms with Crippen LogP contribution in [0, 0.1) is 37.8 Å². The number of rotatable bonds is 6. The number of allylic oxidation sites excluding steroid dienone is 2. The summed E-state index contributed by atoms with van der Waals surface area (Å²) >= 11 is 4.38. The molecule has 0 saturated carbocycles. The Kier molecular flexibility index (Phi) is 7.27. The molecule has 0 bridgehead atoms. The van der Waals surface area contributed by atoms with Gasteiger partial charge in [0.15, 0.2) is 0 Å². The van der Waals surface area contributed by atoms with Gasteiger partial charge >= 0.3 is 22.8 Å². The van der Waals surface area contributed by atoms with E-state index in [2.05, 4.69) is 0 Å². The van der Waals surface area contributed by atoms with Crippen LogP contribution in [0.1, 0.15) is 32.0 Å². The Labute approximate surface area is 263 Å².